The van der Waals surface area contributed by atoms with Crippen LogP contribution in [0.2, 0.25) is 0 Å². The van der Waals surface area contributed by atoms with Crippen LogP contribution in [0.4, 0.5) is 0 Å². The van der Waals surface area contributed by atoms with Crippen LogP contribution in [0.15, 0.2) is 243 Å². The van der Waals surface area contributed by atoms with Crippen LogP contribution in [0.25, 0.3) is 0 Å². The highest BCUT2D eigenvalue weighted by Gasteiger charge is 2.46. The zero-order valence-corrected chi connectivity index (χ0v) is 82.9. The molecular formula is C104H104O24P8. The summed E-state index contributed by atoms with van der Waals surface area (Å²) in [6, 6.07) is 78.1. The molecule has 12 aromatic rings. The van der Waals surface area contributed by atoms with E-state index >= 15 is 0 Å². The molecule has 0 amide bonds. The molecule has 136 heavy (non-hydrogen) atoms. The van der Waals surface area contributed by atoms with Crippen LogP contribution in [-0.4, -0.2) is 0 Å². The molecule has 1 aliphatic carbocycles. The van der Waals surface area contributed by atoms with Crippen molar-refractivity contribution in [2.75, 3.05) is 0 Å². The van der Waals surface area contributed by atoms with Gasteiger partial charge in [0.1, 0.15) is 46.0 Å². The number of hydrogen-bond donors (Lipinski definition) is 0. The molecule has 0 atom stereocenters. The molecule has 9 aliphatic rings. The van der Waals surface area contributed by atoms with Gasteiger partial charge in [-0.3, -0.25) is 0 Å². The summed E-state index contributed by atoms with van der Waals surface area (Å²) in [5, 5.41) is 0. The van der Waals surface area contributed by atoms with Gasteiger partial charge in [-0.1, -0.05) is 253 Å². The van der Waals surface area contributed by atoms with E-state index in [0.29, 0.717) is 164 Å². The first-order valence-corrected chi connectivity index (χ1v) is 56.1. The molecular weight excluding hydrogens is 1880 g/mol. The third kappa shape index (κ3) is 20.9. The number of para-hydroxylation sites is 16. The fourth-order valence-corrected chi connectivity index (χ4v) is 26.5. The highest BCUT2D eigenvalue weighted by atomic mass is 31.2. The summed E-state index contributed by atoms with van der Waals surface area (Å²) in [6.07, 6.45) is 20.5. The number of benzene rings is 12. The molecule has 0 unspecified atom stereocenters. The van der Waals surface area contributed by atoms with Crippen molar-refractivity contribution in [2.45, 2.75) is 205 Å². The van der Waals surface area contributed by atoms with Crippen molar-refractivity contribution in [2.24, 2.45) is 0 Å². The van der Waals surface area contributed by atoms with Gasteiger partial charge in [0, 0.05) is 92.4 Å². The van der Waals surface area contributed by atoms with Crippen molar-refractivity contribution in [1.29, 1.82) is 0 Å². The Bertz CT molecular complexity index is 4960. The second-order valence-electron chi connectivity index (χ2n) is 34.3. The van der Waals surface area contributed by atoms with Gasteiger partial charge in [-0.25, -0.2) is 0 Å². The van der Waals surface area contributed by atoms with Gasteiger partial charge >= 0.3 is 68.8 Å². The van der Waals surface area contributed by atoms with E-state index in [9.17, 15) is 0 Å². The van der Waals surface area contributed by atoms with Crippen LogP contribution >= 0.6 is 68.8 Å². The van der Waals surface area contributed by atoms with Gasteiger partial charge in [-0.2, -0.15) is 0 Å². The maximum Gasteiger partial charge on any atom is 0.530 e. The predicted molar refractivity (Wildman–Crippen MR) is 529 cm³/mol. The van der Waals surface area contributed by atoms with Crippen LogP contribution in [0.3, 0.4) is 0 Å². The molecule has 704 valence electrons. The molecule has 0 saturated heterocycles. The van der Waals surface area contributed by atoms with E-state index in [0.717, 1.165) is 173 Å². The Morgan fingerprint density at radius 3 is 0.397 bits per heavy atom. The van der Waals surface area contributed by atoms with Crippen LogP contribution in [0.1, 0.15) is 250 Å². The first-order chi connectivity index (χ1) is 67.1. The summed E-state index contributed by atoms with van der Waals surface area (Å²) in [7, 11) is -17.9. The molecule has 0 radical (unpaired) electrons. The van der Waals surface area contributed by atoms with Crippen molar-refractivity contribution >= 4 is 68.8 Å². The van der Waals surface area contributed by atoms with Gasteiger partial charge in [-0.15, -0.1) is 0 Å². The van der Waals surface area contributed by atoms with Crippen LogP contribution < -0.4 is 109 Å². The fraction of sp³-hybridized carbons (Fsp3) is 0.308. The van der Waals surface area contributed by atoms with Gasteiger partial charge < -0.3 is 109 Å². The minimum Gasteiger partial charge on any atom is -0.408 e. The zero-order chi connectivity index (χ0) is 91.6. The highest BCUT2D eigenvalue weighted by Crippen LogP contribution is 2.67. The zero-order valence-electron chi connectivity index (χ0n) is 75.7. The number of hydrogen-bond acceptors (Lipinski definition) is 24. The standard InChI is InChI=1S/C104H104O24P8/c1-5-9-13-17-21-41-69-73-61-75(99(123-131-109-85-49-29-30-50-86(85)110-131)65-97(73)121-129-105-81-45-25-26-46-82(81)106-129)70(42-22-18-14-10-6-2)77-63-79(103(127-135-117-93-57-37-38-58-94(93)118-135)67-101(77)125-133-113-89-53-33-34-54-90(89)114-133)72(44-24-20-16-12-8-4)80-64-78(102(126-134-115-91-55-35-36-56-92(91)116-134)68-104(80)128-136-119-95-59-39-40-60-96(95)120-136)71(43-23-19-15-11-7-3)76-62-74(69)98(122-130-107-83-47-27-28-48-84(83)108-130)66-100(76)124-132-111-87-51-31-32-52-88(87)112-132/h25-40,45-72H,5-24,41-44H2,1-4H3. The maximum atomic E-state index is 7.65. The van der Waals surface area contributed by atoms with Gasteiger partial charge in [-0.05, 0) is 147 Å². The Hall–Kier alpha value is -10.7. The van der Waals surface area contributed by atoms with E-state index in [4.69, 9.17) is 109 Å². The van der Waals surface area contributed by atoms with E-state index in [1.165, 1.54) is 0 Å². The monoisotopic (exact) mass is 1980 g/mol. The molecule has 8 bridgehead atoms. The molecule has 0 saturated carbocycles. The molecule has 32 heteroatoms. The minimum atomic E-state index is -2.24. The minimum absolute atomic E-state index is 0.389. The van der Waals surface area contributed by atoms with E-state index in [2.05, 4.69) is 52.0 Å². The second kappa shape index (κ2) is 43.1. The Labute approximate surface area is 802 Å². The fourth-order valence-electron chi connectivity index (χ4n) is 18.1. The van der Waals surface area contributed by atoms with Gasteiger partial charge in [0.25, 0.3) is 0 Å². The molecule has 24 nitrogen and oxygen atoms in total. The van der Waals surface area contributed by atoms with Crippen LogP contribution in [0, 0.1) is 0 Å². The third-order valence-corrected chi connectivity index (χ3v) is 33.2. The average molecular weight is 1990 g/mol. The Morgan fingerprint density at radius 1 is 0.162 bits per heavy atom. The lowest BCUT2D eigenvalue weighted by Gasteiger charge is -2.32. The lowest BCUT2D eigenvalue weighted by Crippen LogP contribution is -2.16. The number of rotatable bonds is 40. The lowest BCUT2D eigenvalue weighted by atomic mass is 9.76. The normalized spacial score (nSPS) is 17.5. The Morgan fingerprint density at radius 2 is 0.279 bits per heavy atom. The SMILES string of the molecule is CCCCCCCC1c2cc(c(OP3Oc4ccccc4O3)cc2OP2Oc3ccccc3O2)C(CCCCCCC)c2cc(c(OP3Oc4ccccc4O3)cc2OP2Oc3ccccc3O2)C(CCCCCCC)c2cc(c(OP3Oc4ccccc4O3)cc2OP2Oc3ccccc3O2)C(CCCCCCC)c2cc1c(OP1Oc3ccccc3O1)cc2OP1Oc2ccccc2O1. The quantitative estimate of drug-likeness (QED) is 0.0257. The summed E-state index contributed by atoms with van der Waals surface area (Å²) in [5.41, 5.74) is 5.90. The molecule has 12 aromatic carbocycles. The molecule has 8 heterocycles. The molecule has 0 fully saturated rings. The van der Waals surface area contributed by atoms with Gasteiger partial charge in [0.15, 0.2) is 92.0 Å². The largest absolute Gasteiger partial charge is 0.530 e. The van der Waals surface area contributed by atoms with Crippen molar-refractivity contribution in [3.05, 3.63) is 287 Å². The van der Waals surface area contributed by atoms with E-state index in [-0.39, 0.29) is 0 Å². The third-order valence-electron chi connectivity index (χ3n) is 24.9. The van der Waals surface area contributed by atoms with Crippen molar-refractivity contribution in [3.63, 3.8) is 0 Å². The second-order valence-corrected chi connectivity index (χ2v) is 42.2. The maximum absolute atomic E-state index is 7.65. The summed E-state index contributed by atoms with van der Waals surface area (Å²) in [4.78, 5) is 0. The summed E-state index contributed by atoms with van der Waals surface area (Å²) in [6.45, 7) is 8.96. The Balaban J connectivity index is 0.885. The Kier molecular flexibility index (Phi) is 29.1. The summed E-state index contributed by atoms with van der Waals surface area (Å²) in [5.74, 6) is 8.94. The van der Waals surface area contributed by atoms with Crippen molar-refractivity contribution < 1.29 is 109 Å². The number of unbranched alkanes of at least 4 members (excludes halogenated alkanes) is 16. The van der Waals surface area contributed by atoms with Gasteiger partial charge in [0.2, 0.25) is 0 Å². The first-order valence-electron chi connectivity index (χ1n) is 47.3. The van der Waals surface area contributed by atoms with Gasteiger partial charge in [0.05, 0.1) is 0 Å². The lowest BCUT2D eigenvalue weighted by molar-refractivity contribution is 0.415. The smallest absolute Gasteiger partial charge is 0.408 e. The van der Waals surface area contributed by atoms with E-state index < -0.39 is 92.5 Å². The molecule has 0 N–H and O–H groups in total. The van der Waals surface area contributed by atoms with E-state index in [1.54, 1.807) is 0 Å². The highest BCUT2D eigenvalue weighted by molar-refractivity contribution is 7.45. The van der Waals surface area contributed by atoms with Crippen molar-refractivity contribution in [1.82, 2.24) is 0 Å². The first kappa shape index (κ1) is 91.7. The molecule has 8 aliphatic heterocycles. The number of fused-ring (bicyclic) bond motifs is 16. The van der Waals surface area contributed by atoms with Crippen LogP contribution in [0.5, 0.6) is 138 Å². The predicted octanol–water partition coefficient (Wildman–Crippen LogP) is 34.6. The summed E-state index contributed by atoms with van der Waals surface area (Å²) < 4.78 is 171. The summed E-state index contributed by atoms with van der Waals surface area (Å²) >= 11 is 0. The van der Waals surface area contributed by atoms with Crippen molar-refractivity contribution in [3.8, 4) is 138 Å². The van der Waals surface area contributed by atoms with Crippen LogP contribution in [-0.2, 0) is 0 Å². The average Bonchev–Trinajstić information content (AvgIpc) is 0.952. The molecule has 21 rings (SSSR count). The van der Waals surface area contributed by atoms with E-state index in [1.807, 2.05) is 218 Å². The topological polar surface area (TPSA) is 222 Å². The molecule has 0 aromatic heterocycles. The molecule has 0 spiro atoms.